The van der Waals surface area contributed by atoms with Crippen LogP contribution in [-0.4, -0.2) is 75.6 Å². The molecule has 2 aromatic carbocycles. The molecule has 3 heterocycles. The Kier molecular flexibility index (Phi) is 14.9. The highest BCUT2D eigenvalue weighted by Crippen LogP contribution is 2.22. The average Bonchev–Trinajstić information content (AvgIpc) is 3.46. The summed E-state index contributed by atoms with van der Waals surface area (Å²) < 4.78 is 7.63. The van der Waals surface area contributed by atoms with Gasteiger partial charge in [0.1, 0.15) is 36.8 Å². The van der Waals surface area contributed by atoms with Crippen LogP contribution in [0.5, 0.6) is 5.75 Å². The lowest BCUT2D eigenvalue weighted by Crippen LogP contribution is -2.55. The standard InChI is InChI=1S/C39H54N8O6/c1-24(2)19-30-23-53-31-16-14-29(15-17-31)21-32(43-34(49)13-10-18-40-27(6)48)38(51)44-33(20-28-11-8-7-9-12-28)39(52)45-36(25(3)4)37-41-26(5)46-47(37)22-35(50)42-30/h7-9,11-12,14-17,24-25,30,32-33,36H,10,13,18-23H2,1-6H3,(H,40,48)(H,42,50)(H,43,49)(H,44,51)(H,45,52)/t30-,32+,33-,36-/m0/s1. The molecule has 0 radical (unpaired) electrons. The smallest absolute Gasteiger partial charge is 0.243 e. The van der Waals surface area contributed by atoms with Gasteiger partial charge in [-0.05, 0) is 54.9 Å². The zero-order valence-electron chi connectivity index (χ0n) is 31.6. The molecule has 53 heavy (non-hydrogen) atoms. The number of hydrogen-bond donors (Lipinski definition) is 5. The van der Waals surface area contributed by atoms with Crippen LogP contribution in [0, 0.1) is 18.8 Å². The van der Waals surface area contributed by atoms with Gasteiger partial charge in [-0.15, -0.1) is 0 Å². The SMILES string of the molecule is CC(=O)NCCCC(=O)N[C@@H]1Cc2ccc(cc2)OC[C@H](CC(C)C)NC(=O)Cn2nc(C)nc2[C@H](C(C)C)NC(=O)[C@H](Cc2ccccc2)NC1=O. The summed E-state index contributed by atoms with van der Waals surface area (Å²) in [7, 11) is 0. The first-order valence-electron chi connectivity index (χ1n) is 18.4. The number of carbonyl (C=O) groups excluding carboxylic acids is 5. The summed E-state index contributed by atoms with van der Waals surface area (Å²) in [5, 5.41) is 19.2. The maximum absolute atomic E-state index is 14.2. The highest BCUT2D eigenvalue weighted by atomic mass is 16.5. The van der Waals surface area contributed by atoms with Gasteiger partial charge in [0.25, 0.3) is 0 Å². The summed E-state index contributed by atoms with van der Waals surface area (Å²) in [6.45, 7) is 11.6. The van der Waals surface area contributed by atoms with E-state index in [9.17, 15) is 24.0 Å². The number of nitrogens with zero attached hydrogens (tertiary/aromatic N) is 3. The number of hydrogen-bond acceptors (Lipinski definition) is 8. The lowest BCUT2D eigenvalue weighted by atomic mass is 10.00. The van der Waals surface area contributed by atoms with E-state index in [4.69, 9.17) is 4.74 Å². The van der Waals surface area contributed by atoms with Crippen LogP contribution >= 0.6 is 0 Å². The average molecular weight is 731 g/mol. The number of benzene rings is 2. The molecule has 5 amide bonds. The number of carbonyl (C=O) groups is 5. The normalized spacial score (nSPS) is 20.1. The first-order chi connectivity index (χ1) is 25.3. The third-order valence-corrected chi connectivity index (χ3v) is 8.80. The topological polar surface area (TPSA) is 185 Å². The van der Waals surface area contributed by atoms with Gasteiger partial charge >= 0.3 is 0 Å². The van der Waals surface area contributed by atoms with Gasteiger partial charge < -0.3 is 31.3 Å². The summed E-state index contributed by atoms with van der Waals surface area (Å²) >= 11 is 0. The predicted octanol–water partition coefficient (Wildman–Crippen LogP) is 2.69. The fourth-order valence-corrected chi connectivity index (χ4v) is 6.22. The molecule has 0 saturated heterocycles. The molecule has 0 aliphatic carbocycles. The Labute approximate surface area is 311 Å². The molecule has 4 atom stereocenters. The van der Waals surface area contributed by atoms with Crippen molar-refractivity contribution in [3.8, 4) is 5.75 Å². The zero-order chi connectivity index (χ0) is 38.5. The molecule has 2 bridgehead atoms. The Morgan fingerprint density at radius 2 is 1.68 bits per heavy atom. The van der Waals surface area contributed by atoms with Crippen LogP contribution in [0.3, 0.4) is 0 Å². The van der Waals surface area contributed by atoms with Crippen LogP contribution in [0.1, 0.15) is 82.7 Å². The second-order valence-corrected chi connectivity index (χ2v) is 14.4. The Morgan fingerprint density at radius 1 is 0.962 bits per heavy atom. The molecule has 0 saturated carbocycles. The summed E-state index contributed by atoms with van der Waals surface area (Å²) in [6.07, 6.45) is 1.49. The fraction of sp³-hybridized carbons (Fsp3) is 0.513. The monoisotopic (exact) mass is 730 g/mol. The van der Waals surface area contributed by atoms with Crippen LogP contribution in [-0.2, 0) is 43.4 Å². The highest BCUT2D eigenvalue weighted by molar-refractivity contribution is 5.92. The van der Waals surface area contributed by atoms with Gasteiger partial charge in [-0.2, -0.15) is 5.10 Å². The third-order valence-electron chi connectivity index (χ3n) is 8.80. The predicted molar refractivity (Wildman–Crippen MR) is 199 cm³/mol. The van der Waals surface area contributed by atoms with Gasteiger partial charge in [0.2, 0.25) is 29.5 Å². The molecular weight excluding hydrogens is 676 g/mol. The highest BCUT2D eigenvalue weighted by Gasteiger charge is 2.32. The third kappa shape index (κ3) is 13.0. The molecule has 3 aromatic rings. The van der Waals surface area contributed by atoms with Crippen molar-refractivity contribution in [2.75, 3.05) is 13.2 Å². The van der Waals surface area contributed by atoms with E-state index in [-0.39, 0.29) is 68.0 Å². The van der Waals surface area contributed by atoms with Crippen molar-refractivity contribution < 1.29 is 28.7 Å². The van der Waals surface area contributed by atoms with Crippen LogP contribution in [0.2, 0.25) is 0 Å². The Morgan fingerprint density at radius 3 is 2.34 bits per heavy atom. The number of aryl methyl sites for hydroxylation is 1. The number of rotatable bonds is 10. The molecule has 2 aliphatic rings. The number of fused-ring (bicyclic) bond motifs is 14. The number of nitrogens with one attached hydrogen (secondary N) is 5. The maximum atomic E-state index is 14.2. The lowest BCUT2D eigenvalue weighted by Gasteiger charge is -2.27. The molecule has 5 N–H and O–H groups in total. The number of aromatic nitrogens is 3. The molecule has 0 unspecified atom stereocenters. The van der Waals surface area contributed by atoms with Gasteiger partial charge in [-0.3, -0.25) is 24.0 Å². The molecule has 0 fully saturated rings. The van der Waals surface area contributed by atoms with Gasteiger partial charge in [-0.25, -0.2) is 9.67 Å². The van der Waals surface area contributed by atoms with Gasteiger partial charge in [0, 0.05) is 32.7 Å². The molecule has 0 spiro atoms. The lowest BCUT2D eigenvalue weighted by molar-refractivity contribution is -0.132. The Bertz CT molecular complexity index is 1690. The van der Waals surface area contributed by atoms with Crippen molar-refractivity contribution >= 4 is 29.5 Å². The fourth-order valence-electron chi connectivity index (χ4n) is 6.22. The molecular formula is C39H54N8O6. The van der Waals surface area contributed by atoms with Crippen molar-refractivity contribution in [2.24, 2.45) is 11.8 Å². The van der Waals surface area contributed by atoms with E-state index in [1.807, 2.05) is 56.3 Å². The Balaban J connectivity index is 1.71. The summed E-state index contributed by atoms with van der Waals surface area (Å²) in [6, 6.07) is 13.6. The van der Waals surface area contributed by atoms with Gasteiger partial charge in [-0.1, -0.05) is 70.2 Å². The van der Waals surface area contributed by atoms with E-state index in [0.29, 0.717) is 36.8 Å². The van der Waals surface area contributed by atoms with E-state index in [1.165, 1.54) is 11.6 Å². The van der Waals surface area contributed by atoms with E-state index in [2.05, 4.69) is 50.5 Å². The molecule has 14 nitrogen and oxygen atoms in total. The van der Waals surface area contributed by atoms with Crippen LogP contribution in [0.25, 0.3) is 0 Å². The van der Waals surface area contributed by atoms with Crippen LogP contribution in [0.15, 0.2) is 54.6 Å². The van der Waals surface area contributed by atoms with Crippen molar-refractivity contribution in [1.29, 1.82) is 0 Å². The molecule has 5 rings (SSSR count). The van der Waals surface area contributed by atoms with E-state index >= 15 is 0 Å². The van der Waals surface area contributed by atoms with Gasteiger partial charge in [0.05, 0.1) is 12.1 Å². The van der Waals surface area contributed by atoms with E-state index < -0.39 is 29.9 Å². The maximum Gasteiger partial charge on any atom is 0.243 e. The Hall–Kier alpha value is -5.27. The van der Waals surface area contributed by atoms with Crippen molar-refractivity contribution in [1.82, 2.24) is 41.3 Å². The second-order valence-electron chi connectivity index (χ2n) is 14.4. The quantitative estimate of drug-likeness (QED) is 0.197. The van der Waals surface area contributed by atoms with Crippen LogP contribution < -0.4 is 31.3 Å². The zero-order valence-corrected chi connectivity index (χ0v) is 31.6. The molecule has 2 aliphatic heterocycles. The number of amides is 5. The van der Waals surface area contributed by atoms with E-state index in [0.717, 1.165) is 11.1 Å². The van der Waals surface area contributed by atoms with Crippen LogP contribution in [0.4, 0.5) is 0 Å². The molecule has 14 heteroatoms. The first-order valence-corrected chi connectivity index (χ1v) is 18.4. The van der Waals surface area contributed by atoms with E-state index in [1.54, 1.807) is 19.1 Å². The minimum atomic E-state index is -1.02. The van der Waals surface area contributed by atoms with Gasteiger partial charge in [0.15, 0.2) is 5.82 Å². The summed E-state index contributed by atoms with van der Waals surface area (Å²) in [4.78, 5) is 70.8. The first kappa shape index (κ1) is 40.5. The summed E-state index contributed by atoms with van der Waals surface area (Å²) in [5.74, 6) is -0.220. The van der Waals surface area contributed by atoms with Crippen molar-refractivity contribution in [3.63, 3.8) is 0 Å². The van der Waals surface area contributed by atoms with Crippen molar-refractivity contribution in [3.05, 3.63) is 77.4 Å². The number of ether oxygens (including phenoxy) is 1. The second kappa shape index (κ2) is 19.5. The largest absolute Gasteiger partial charge is 0.491 e. The summed E-state index contributed by atoms with van der Waals surface area (Å²) in [5.41, 5.74) is 1.58. The van der Waals surface area contributed by atoms with Crippen molar-refractivity contribution in [2.45, 2.75) is 104 Å². The minimum Gasteiger partial charge on any atom is -0.491 e. The minimum absolute atomic E-state index is 0.0923. The molecule has 286 valence electrons. The molecule has 1 aromatic heterocycles.